The van der Waals surface area contributed by atoms with E-state index < -0.39 is 0 Å². The summed E-state index contributed by atoms with van der Waals surface area (Å²) in [6.07, 6.45) is 2.00. The van der Waals surface area contributed by atoms with Crippen molar-refractivity contribution >= 4 is 40.7 Å². The van der Waals surface area contributed by atoms with Gasteiger partial charge in [0, 0.05) is 29.6 Å². The Balaban J connectivity index is 1.69. The molecule has 6 heteroatoms. The van der Waals surface area contributed by atoms with Gasteiger partial charge in [-0.2, -0.15) is 0 Å². The van der Waals surface area contributed by atoms with Crippen LogP contribution in [-0.4, -0.2) is 24.9 Å². The average molecular weight is 377 g/mol. The molecule has 2 amide bonds. The van der Waals surface area contributed by atoms with Crippen LogP contribution in [0.25, 0.3) is 0 Å². The number of carbonyl (C=O) groups excluding carboxylic acids is 2. The predicted octanol–water partition coefficient (Wildman–Crippen LogP) is 4.09. The maximum Gasteiger partial charge on any atom is 0.253 e. The van der Waals surface area contributed by atoms with Crippen LogP contribution in [0.2, 0.25) is 10.0 Å². The Morgan fingerprint density at radius 3 is 2.48 bits per heavy atom. The number of anilines is 1. The van der Waals surface area contributed by atoms with E-state index in [4.69, 9.17) is 23.2 Å². The van der Waals surface area contributed by atoms with Gasteiger partial charge in [-0.1, -0.05) is 35.3 Å². The number of carbonyl (C=O) groups is 2. The highest BCUT2D eigenvalue weighted by Crippen LogP contribution is 2.28. The highest BCUT2D eigenvalue weighted by atomic mass is 35.5. The molecule has 0 atom stereocenters. The van der Waals surface area contributed by atoms with Crippen molar-refractivity contribution in [2.24, 2.45) is 0 Å². The number of benzene rings is 2. The Labute approximate surface area is 156 Å². The molecule has 2 aromatic carbocycles. The van der Waals surface area contributed by atoms with Crippen molar-refractivity contribution < 1.29 is 9.59 Å². The zero-order valence-corrected chi connectivity index (χ0v) is 15.1. The molecule has 0 radical (unpaired) electrons. The predicted molar refractivity (Wildman–Crippen MR) is 101 cm³/mol. The van der Waals surface area contributed by atoms with Crippen LogP contribution in [0.3, 0.4) is 0 Å². The minimum absolute atomic E-state index is 0.0254. The van der Waals surface area contributed by atoms with Crippen LogP contribution in [0.5, 0.6) is 0 Å². The molecule has 0 unspecified atom stereocenters. The summed E-state index contributed by atoms with van der Waals surface area (Å²) in [5.74, 6) is -0.183. The maximum absolute atomic E-state index is 12.6. The number of nitrogens with one attached hydrogen (secondary N) is 1. The fourth-order valence-electron chi connectivity index (χ4n) is 2.89. The molecule has 1 saturated heterocycles. The number of rotatable bonds is 5. The second kappa shape index (κ2) is 7.89. The highest BCUT2D eigenvalue weighted by molar-refractivity contribution is 6.31. The first-order valence-electron chi connectivity index (χ1n) is 8.17. The van der Waals surface area contributed by atoms with Crippen molar-refractivity contribution in [3.05, 3.63) is 63.6 Å². The van der Waals surface area contributed by atoms with Gasteiger partial charge >= 0.3 is 0 Å². The lowest BCUT2D eigenvalue weighted by atomic mass is 10.1. The molecule has 2 aromatic rings. The molecule has 4 nitrogen and oxygen atoms in total. The van der Waals surface area contributed by atoms with Crippen LogP contribution >= 0.6 is 23.2 Å². The molecule has 0 saturated carbocycles. The molecule has 130 valence electrons. The Bertz CT molecular complexity index is 791. The van der Waals surface area contributed by atoms with Crippen molar-refractivity contribution in [1.29, 1.82) is 0 Å². The molecule has 1 aliphatic heterocycles. The number of hydrogen-bond acceptors (Lipinski definition) is 2. The summed E-state index contributed by atoms with van der Waals surface area (Å²) in [5.41, 5.74) is 2.14. The summed E-state index contributed by atoms with van der Waals surface area (Å²) >= 11 is 11.9. The van der Waals surface area contributed by atoms with E-state index in [1.54, 1.807) is 23.1 Å². The van der Waals surface area contributed by atoms with Gasteiger partial charge in [0.25, 0.3) is 5.91 Å². The SMILES string of the molecule is O=C(NCCc1ccc(Cl)cc1)c1ccc(Cl)cc1N1CCCC1=O. The summed E-state index contributed by atoms with van der Waals surface area (Å²) in [4.78, 5) is 26.2. The molecule has 1 heterocycles. The first kappa shape index (κ1) is 17.8. The topological polar surface area (TPSA) is 49.4 Å². The van der Waals surface area contributed by atoms with Crippen LogP contribution < -0.4 is 10.2 Å². The van der Waals surface area contributed by atoms with Gasteiger partial charge in [0.2, 0.25) is 5.91 Å². The van der Waals surface area contributed by atoms with Crippen molar-refractivity contribution in [2.75, 3.05) is 18.0 Å². The minimum atomic E-state index is -0.208. The molecule has 1 fully saturated rings. The molecule has 0 bridgehead atoms. The normalized spacial score (nSPS) is 14.0. The van der Waals surface area contributed by atoms with Crippen LogP contribution in [0, 0.1) is 0 Å². The summed E-state index contributed by atoms with van der Waals surface area (Å²) in [6.45, 7) is 1.11. The molecule has 0 spiro atoms. The fourth-order valence-corrected chi connectivity index (χ4v) is 3.18. The lowest BCUT2D eigenvalue weighted by molar-refractivity contribution is -0.117. The van der Waals surface area contributed by atoms with Crippen molar-refractivity contribution in [3.63, 3.8) is 0 Å². The number of amides is 2. The van der Waals surface area contributed by atoms with Crippen LogP contribution in [-0.2, 0) is 11.2 Å². The minimum Gasteiger partial charge on any atom is -0.352 e. The van der Waals surface area contributed by atoms with Gasteiger partial charge in [-0.25, -0.2) is 0 Å². The summed E-state index contributed by atoms with van der Waals surface area (Å²) < 4.78 is 0. The summed E-state index contributed by atoms with van der Waals surface area (Å²) in [6, 6.07) is 12.5. The average Bonchev–Trinajstić information content (AvgIpc) is 3.02. The van der Waals surface area contributed by atoms with Crippen LogP contribution in [0.15, 0.2) is 42.5 Å². The summed E-state index contributed by atoms with van der Waals surface area (Å²) in [7, 11) is 0. The zero-order valence-electron chi connectivity index (χ0n) is 13.6. The molecule has 1 aliphatic rings. The number of nitrogens with zero attached hydrogens (tertiary/aromatic N) is 1. The van der Waals surface area contributed by atoms with E-state index in [2.05, 4.69) is 5.32 Å². The molecular formula is C19H18Cl2N2O2. The highest BCUT2D eigenvalue weighted by Gasteiger charge is 2.26. The van der Waals surface area contributed by atoms with Crippen LogP contribution in [0.1, 0.15) is 28.8 Å². The Morgan fingerprint density at radius 1 is 1.08 bits per heavy atom. The van der Waals surface area contributed by atoms with E-state index in [0.29, 0.717) is 47.2 Å². The van der Waals surface area contributed by atoms with Gasteiger partial charge in [0.05, 0.1) is 11.3 Å². The standard InChI is InChI=1S/C19H18Cl2N2O2/c20-14-5-3-13(4-6-14)9-10-22-19(25)16-8-7-15(21)12-17(16)23-11-1-2-18(23)24/h3-8,12H,1-2,9-11H2,(H,22,25). The zero-order chi connectivity index (χ0) is 17.8. The van der Waals surface area contributed by atoms with Crippen molar-refractivity contribution in [2.45, 2.75) is 19.3 Å². The van der Waals surface area contributed by atoms with E-state index >= 15 is 0 Å². The third kappa shape index (κ3) is 4.33. The molecule has 25 heavy (non-hydrogen) atoms. The van der Waals surface area contributed by atoms with E-state index in [1.165, 1.54) is 0 Å². The van der Waals surface area contributed by atoms with Gasteiger partial charge in [-0.3, -0.25) is 9.59 Å². The molecule has 3 rings (SSSR count). The molecular weight excluding hydrogens is 359 g/mol. The van der Waals surface area contributed by atoms with Gasteiger partial charge < -0.3 is 10.2 Å². The second-order valence-corrected chi connectivity index (χ2v) is 6.82. The third-order valence-corrected chi connectivity index (χ3v) is 4.67. The smallest absolute Gasteiger partial charge is 0.253 e. The lowest BCUT2D eigenvalue weighted by Crippen LogP contribution is -2.30. The maximum atomic E-state index is 12.6. The van der Waals surface area contributed by atoms with E-state index in [-0.39, 0.29) is 11.8 Å². The van der Waals surface area contributed by atoms with Gasteiger partial charge in [0.15, 0.2) is 0 Å². The first-order valence-corrected chi connectivity index (χ1v) is 8.93. The van der Waals surface area contributed by atoms with Gasteiger partial charge in [-0.15, -0.1) is 0 Å². The monoisotopic (exact) mass is 376 g/mol. The van der Waals surface area contributed by atoms with E-state index in [9.17, 15) is 9.59 Å². The Hall–Kier alpha value is -2.04. The lowest BCUT2D eigenvalue weighted by Gasteiger charge is -2.19. The van der Waals surface area contributed by atoms with Crippen molar-refractivity contribution in [3.8, 4) is 0 Å². The number of halogens is 2. The Morgan fingerprint density at radius 2 is 1.80 bits per heavy atom. The summed E-state index contributed by atoms with van der Waals surface area (Å²) in [5, 5.41) is 4.10. The Kier molecular flexibility index (Phi) is 5.61. The molecule has 1 N–H and O–H groups in total. The largest absolute Gasteiger partial charge is 0.352 e. The quantitative estimate of drug-likeness (QED) is 0.853. The van der Waals surface area contributed by atoms with Gasteiger partial charge in [0.1, 0.15) is 0 Å². The molecule has 0 aromatic heterocycles. The van der Waals surface area contributed by atoms with Gasteiger partial charge in [-0.05, 0) is 48.7 Å². The molecule has 0 aliphatic carbocycles. The second-order valence-electron chi connectivity index (χ2n) is 5.94. The van der Waals surface area contributed by atoms with E-state index in [1.807, 2.05) is 24.3 Å². The number of hydrogen-bond donors (Lipinski definition) is 1. The van der Waals surface area contributed by atoms with Crippen LogP contribution in [0.4, 0.5) is 5.69 Å². The third-order valence-electron chi connectivity index (χ3n) is 4.18. The fraction of sp³-hybridized carbons (Fsp3) is 0.263. The first-order chi connectivity index (χ1) is 12.0. The van der Waals surface area contributed by atoms with Crippen molar-refractivity contribution in [1.82, 2.24) is 5.32 Å². The van der Waals surface area contributed by atoms with E-state index in [0.717, 1.165) is 12.0 Å².